The summed E-state index contributed by atoms with van der Waals surface area (Å²) in [7, 11) is 0. The van der Waals surface area contributed by atoms with Crippen molar-refractivity contribution in [2.45, 2.75) is 20.3 Å². The first kappa shape index (κ1) is 15.6. The molecule has 1 N–H and O–H groups in total. The number of thiazole rings is 1. The number of hydrogen-bond donors (Lipinski definition) is 1. The van der Waals surface area contributed by atoms with Crippen LogP contribution in [0.3, 0.4) is 0 Å². The molecule has 4 nitrogen and oxygen atoms in total. The molecule has 0 aliphatic carbocycles. The van der Waals surface area contributed by atoms with Crippen molar-refractivity contribution in [3.63, 3.8) is 0 Å². The smallest absolute Gasteiger partial charge is 0.183 e. The molecule has 118 valence electrons. The zero-order valence-electron chi connectivity index (χ0n) is 13.0. The third-order valence-electron chi connectivity index (χ3n) is 3.27. The molecule has 3 aromatic rings. The molecule has 0 fully saturated rings. The van der Waals surface area contributed by atoms with E-state index in [0.29, 0.717) is 17.1 Å². The highest BCUT2D eigenvalue weighted by Crippen LogP contribution is 2.30. The van der Waals surface area contributed by atoms with Gasteiger partial charge in [0.15, 0.2) is 5.13 Å². The minimum atomic E-state index is -0.286. The lowest BCUT2D eigenvalue weighted by Gasteiger charge is -2.06. The Hall–Kier alpha value is -2.34. The number of halogens is 1. The number of aromatic nitrogens is 3. The normalized spacial score (nSPS) is 10.7. The summed E-state index contributed by atoms with van der Waals surface area (Å²) in [4.78, 5) is 14.1. The fourth-order valence-electron chi connectivity index (χ4n) is 2.21. The molecular formula is C17H17FN4S. The molecule has 0 amide bonds. The highest BCUT2D eigenvalue weighted by atomic mass is 32.1. The number of nitrogens with one attached hydrogen (secondary N) is 1. The average molecular weight is 328 g/mol. The number of rotatable bonds is 5. The quantitative estimate of drug-likeness (QED) is 0.747. The van der Waals surface area contributed by atoms with Crippen LogP contribution in [0.1, 0.15) is 19.2 Å². The van der Waals surface area contributed by atoms with Gasteiger partial charge in [0.25, 0.3) is 0 Å². The fourth-order valence-corrected chi connectivity index (χ4v) is 3.01. The van der Waals surface area contributed by atoms with Gasteiger partial charge in [0.1, 0.15) is 11.6 Å². The van der Waals surface area contributed by atoms with Crippen molar-refractivity contribution in [2.75, 3.05) is 11.9 Å². The van der Waals surface area contributed by atoms with Crippen molar-refractivity contribution in [3.8, 4) is 21.8 Å². The lowest BCUT2D eigenvalue weighted by atomic mass is 10.1. The molecule has 3 rings (SSSR count). The summed E-state index contributed by atoms with van der Waals surface area (Å²) >= 11 is 1.54. The van der Waals surface area contributed by atoms with Gasteiger partial charge in [0, 0.05) is 18.3 Å². The van der Waals surface area contributed by atoms with E-state index in [0.717, 1.165) is 28.7 Å². The van der Waals surface area contributed by atoms with E-state index in [1.807, 2.05) is 13.0 Å². The molecule has 2 aromatic heterocycles. The lowest BCUT2D eigenvalue weighted by Crippen LogP contribution is -1.97. The zero-order valence-corrected chi connectivity index (χ0v) is 13.8. The molecule has 0 unspecified atom stereocenters. The van der Waals surface area contributed by atoms with Gasteiger partial charge in [0.2, 0.25) is 0 Å². The Bertz CT molecular complexity index is 816. The third-order valence-corrected chi connectivity index (χ3v) is 4.25. The molecule has 0 spiro atoms. The summed E-state index contributed by atoms with van der Waals surface area (Å²) < 4.78 is 14.0. The van der Waals surface area contributed by atoms with Crippen LogP contribution in [0, 0.1) is 12.7 Å². The van der Waals surface area contributed by atoms with Crippen molar-refractivity contribution < 1.29 is 4.39 Å². The van der Waals surface area contributed by atoms with Gasteiger partial charge < -0.3 is 5.32 Å². The zero-order chi connectivity index (χ0) is 16.2. The predicted octanol–water partition coefficient (Wildman–Crippen LogP) is 4.54. The molecule has 0 aliphatic heterocycles. The van der Waals surface area contributed by atoms with Gasteiger partial charge in [-0.3, -0.25) is 0 Å². The van der Waals surface area contributed by atoms with Crippen LogP contribution in [0.2, 0.25) is 0 Å². The SMILES string of the molecule is CCCNc1ncc(-c2cc(-c3ccccc3F)nc(C)n2)s1. The summed E-state index contributed by atoms with van der Waals surface area (Å²) in [5.41, 5.74) is 1.83. The number of aryl methyl sites for hydroxylation is 1. The van der Waals surface area contributed by atoms with Crippen molar-refractivity contribution in [3.05, 3.63) is 48.2 Å². The summed E-state index contributed by atoms with van der Waals surface area (Å²) in [5.74, 6) is 0.323. The van der Waals surface area contributed by atoms with Crippen LogP contribution in [-0.2, 0) is 0 Å². The highest BCUT2D eigenvalue weighted by Gasteiger charge is 2.12. The van der Waals surface area contributed by atoms with Crippen LogP contribution in [0.25, 0.3) is 21.8 Å². The lowest BCUT2D eigenvalue weighted by molar-refractivity contribution is 0.630. The van der Waals surface area contributed by atoms with E-state index in [1.54, 1.807) is 24.4 Å². The molecule has 23 heavy (non-hydrogen) atoms. The fraction of sp³-hybridized carbons (Fsp3) is 0.235. The van der Waals surface area contributed by atoms with Gasteiger partial charge in [-0.1, -0.05) is 30.4 Å². The predicted molar refractivity (Wildman–Crippen MR) is 92.1 cm³/mol. The van der Waals surface area contributed by atoms with Crippen LogP contribution in [0.15, 0.2) is 36.5 Å². The van der Waals surface area contributed by atoms with Crippen LogP contribution in [-0.4, -0.2) is 21.5 Å². The van der Waals surface area contributed by atoms with Gasteiger partial charge >= 0.3 is 0 Å². The number of nitrogens with zero attached hydrogens (tertiary/aromatic N) is 3. The summed E-state index contributed by atoms with van der Waals surface area (Å²) in [6, 6.07) is 8.44. The third kappa shape index (κ3) is 3.53. The minimum absolute atomic E-state index is 0.286. The molecule has 0 atom stereocenters. The maximum Gasteiger partial charge on any atom is 0.183 e. The van der Waals surface area contributed by atoms with Crippen molar-refractivity contribution >= 4 is 16.5 Å². The summed E-state index contributed by atoms with van der Waals surface area (Å²) in [6.07, 6.45) is 2.83. The van der Waals surface area contributed by atoms with Crippen LogP contribution in [0.4, 0.5) is 9.52 Å². The average Bonchev–Trinajstić information content (AvgIpc) is 3.02. The highest BCUT2D eigenvalue weighted by molar-refractivity contribution is 7.18. The van der Waals surface area contributed by atoms with E-state index in [1.165, 1.54) is 17.4 Å². The summed E-state index contributed by atoms with van der Waals surface area (Å²) in [5, 5.41) is 4.12. The second-order valence-electron chi connectivity index (χ2n) is 5.12. The molecule has 2 heterocycles. The van der Waals surface area contributed by atoms with Gasteiger partial charge in [0.05, 0.1) is 16.3 Å². The van der Waals surface area contributed by atoms with E-state index in [9.17, 15) is 4.39 Å². The Morgan fingerprint density at radius 3 is 2.74 bits per heavy atom. The molecular weight excluding hydrogens is 311 g/mol. The topological polar surface area (TPSA) is 50.7 Å². The van der Waals surface area contributed by atoms with Gasteiger partial charge in [-0.05, 0) is 31.5 Å². The molecule has 1 aromatic carbocycles. The number of anilines is 1. The molecule has 0 saturated heterocycles. The Morgan fingerprint density at radius 2 is 1.96 bits per heavy atom. The molecule has 0 bridgehead atoms. The first-order valence-electron chi connectivity index (χ1n) is 7.48. The van der Waals surface area contributed by atoms with E-state index in [4.69, 9.17) is 0 Å². The van der Waals surface area contributed by atoms with Crippen molar-refractivity contribution in [1.29, 1.82) is 0 Å². The monoisotopic (exact) mass is 328 g/mol. The number of benzene rings is 1. The second kappa shape index (κ2) is 6.83. The van der Waals surface area contributed by atoms with E-state index >= 15 is 0 Å². The van der Waals surface area contributed by atoms with Crippen molar-refractivity contribution in [2.24, 2.45) is 0 Å². The first-order valence-corrected chi connectivity index (χ1v) is 8.29. The van der Waals surface area contributed by atoms with E-state index < -0.39 is 0 Å². The van der Waals surface area contributed by atoms with Gasteiger partial charge in [-0.25, -0.2) is 19.3 Å². The van der Waals surface area contributed by atoms with Crippen LogP contribution < -0.4 is 5.32 Å². The van der Waals surface area contributed by atoms with Gasteiger partial charge in [-0.15, -0.1) is 0 Å². The Morgan fingerprint density at radius 1 is 1.17 bits per heavy atom. The van der Waals surface area contributed by atoms with Crippen molar-refractivity contribution in [1.82, 2.24) is 15.0 Å². The van der Waals surface area contributed by atoms with Crippen LogP contribution in [0.5, 0.6) is 0 Å². The van der Waals surface area contributed by atoms with E-state index in [2.05, 4.69) is 27.2 Å². The molecule has 6 heteroatoms. The summed E-state index contributed by atoms with van der Waals surface area (Å²) in [6.45, 7) is 4.80. The van der Waals surface area contributed by atoms with E-state index in [-0.39, 0.29) is 5.82 Å². The Labute approximate surface area is 138 Å². The first-order chi connectivity index (χ1) is 11.2. The largest absolute Gasteiger partial charge is 0.362 e. The van der Waals surface area contributed by atoms with Gasteiger partial charge in [-0.2, -0.15) is 0 Å². The second-order valence-corrected chi connectivity index (χ2v) is 6.15. The maximum absolute atomic E-state index is 14.0. The molecule has 0 saturated carbocycles. The standard InChI is InChI=1S/C17H17FN4S/c1-3-8-19-17-20-10-16(23-17)15-9-14(21-11(2)22-15)12-6-4-5-7-13(12)18/h4-7,9-10H,3,8H2,1-2H3,(H,19,20). The maximum atomic E-state index is 14.0. The minimum Gasteiger partial charge on any atom is -0.362 e. The van der Waals surface area contributed by atoms with Crippen LogP contribution >= 0.6 is 11.3 Å². The molecule has 0 radical (unpaired) electrons. The number of hydrogen-bond acceptors (Lipinski definition) is 5. The Kier molecular flexibility index (Phi) is 4.62. The Balaban J connectivity index is 1.98. The molecule has 0 aliphatic rings.